The Morgan fingerprint density at radius 3 is 1.92 bits per heavy atom. The lowest BCUT2D eigenvalue weighted by Crippen LogP contribution is -2.29. The van der Waals surface area contributed by atoms with E-state index in [1.807, 2.05) is 0 Å². The third kappa shape index (κ3) is 4.61. The first kappa shape index (κ1) is 25.0. The zero-order chi connectivity index (χ0) is 27.1. The fourth-order valence-corrected chi connectivity index (χ4v) is 3.92. The summed E-state index contributed by atoms with van der Waals surface area (Å²) in [6.07, 6.45) is -4.76. The van der Waals surface area contributed by atoms with Crippen molar-refractivity contribution in [2.24, 2.45) is 0 Å². The number of alkyl halides is 3. The van der Waals surface area contributed by atoms with E-state index in [4.69, 9.17) is 0 Å². The average molecular weight is 513 g/mol. The van der Waals surface area contributed by atoms with Crippen molar-refractivity contribution in [3.05, 3.63) is 115 Å². The molecule has 188 valence electrons. The van der Waals surface area contributed by atoms with E-state index in [0.717, 1.165) is 53.4 Å². The Hall–Kier alpha value is -5.07. The number of carbonyl (C=O) groups is 2. The molecule has 0 spiro atoms. The highest BCUT2D eigenvalue weighted by Crippen LogP contribution is 2.43. The number of ketones is 1. The molecular weight excluding hydrogens is 499 g/mol. The molecule has 13 heteroatoms. The van der Waals surface area contributed by atoms with Gasteiger partial charge in [-0.05, 0) is 48.0 Å². The Labute approximate surface area is 205 Å². The molecule has 0 radical (unpaired) electrons. The Balaban J connectivity index is 1.93. The molecule has 10 nitrogen and oxygen atoms in total. The summed E-state index contributed by atoms with van der Waals surface area (Å²) in [6.45, 7) is 0. The number of nitrogens with zero attached hydrogens (tertiary/aromatic N) is 3. The second kappa shape index (κ2) is 9.18. The topological polar surface area (TPSA) is 144 Å². The van der Waals surface area contributed by atoms with Crippen molar-refractivity contribution in [3.63, 3.8) is 0 Å². The van der Waals surface area contributed by atoms with Crippen LogP contribution in [0.2, 0.25) is 0 Å². The van der Waals surface area contributed by atoms with Gasteiger partial charge in [-0.1, -0.05) is 6.07 Å². The fourth-order valence-electron chi connectivity index (χ4n) is 3.92. The maximum atomic E-state index is 13.4. The number of non-ortho nitro benzene ring substituents is 2. The van der Waals surface area contributed by atoms with Crippen molar-refractivity contribution in [2.75, 3.05) is 4.90 Å². The molecule has 4 rings (SSSR count). The van der Waals surface area contributed by atoms with Crippen LogP contribution < -0.4 is 4.90 Å². The maximum Gasteiger partial charge on any atom is 0.416 e. The number of hydrogen-bond donors (Lipinski definition) is 1. The lowest BCUT2D eigenvalue weighted by Gasteiger charge is -2.26. The molecule has 1 amide bonds. The summed E-state index contributed by atoms with van der Waals surface area (Å²) in [7, 11) is 0. The van der Waals surface area contributed by atoms with E-state index in [2.05, 4.69) is 0 Å². The minimum Gasteiger partial charge on any atom is -0.507 e. The smallest absolute Gasteiger partial charge is 0.416 e. The molecule has 1 fully saturated rings. The monoisotopic (exact) mass is 513 g/mol. The number of rotatable bonds is 5. The van der Waals surface area contributed by atoms with E-state index in [1.165, 1.54) is 18.2 Å². The van der Waals surface area contributed by atoms with E-state index in [1.54, 1.807) is 0 Å². The molecular formula is C24H14F3N3O7. The summed E-state index contributed by atoms with van der Waals surface area (Å²) in [5, 5.41) is 33.0. The van der Waals surface area contributed by atoms with Gasteiger partial charge in [0.05, 0.1) is 27.0 Å². The summed E-state index contributed by atoms with van der Waals surface area (Å²) in [5.41, 5.74) is -2.52. The molecule has 0 bridgehead atoms. The predicted octanol–water partition coefficient (Wildman–Crippen LogP) is 5.15. The molecule has 1 aliphatic heterocycles. The second-order valence-corrected chi connectivity index (χ2v) is 7.87. The van der Waals surface area contributed by atoms with Crippen LogP contribution >= 0.6 is 0 Å². The van der Waals surface area contributed by atoms with Crippen molar-refractivity contribution in [1.82, 2.24) is 0 Å². The standard InChI is InChI=1S/C24H14F3N3O7/c25-24(26,27)15-2-1-3-18(12-15)28-20(13-4-8-16(9-5-13)29(34)35)19(22(32)23(28)33)21(31)14-6-10-17(11-7-14)30(36)37/h1-12,20,31H/b21-19+. The van der Waals surface area contributed by atoms with Crippen LogP contribution in [0.1, 0.15) is 22.7 Å². The highest BCUT2D eigenvalue weighted by Gasteiger charge is 2.47. The van der Waals surface area contributed by atoms with E-state index in [-0.39, 0.29) is 28.2 Å². The number of amides is 1. The van der Waals surface area contributed by atoms with Crippen molar-refractivity contribution >= 4 is 34.5 Å². The molecule has 3 aromatic rings. The quantitative estimate of drug-likeness (QED) is 0.163. The number of aliphatic hydroxyl groups excluding tert-OH is 1. The molecule has 1 aliphatic rings. The van der Waals surface area contributed by atoms with Crippen molar-refractivity contribution in [3.8, 4) is 0 Å². The first-order chi connectivity index (χ1) is 17.4. The van der Waals surface area contributed by atoms with Gasteiger partial charge in [-0.3, -0.25) is 34.7 Å². The summed E-state index contributed by atoms with van der Waals surface area (Å²) in [5.74, 6) is -3.20. The van der Waals surface area contributed by atoms with Gasteiger partial charge >= 0.3 is 6.18 Å². The molecule has 1 heterocycles. The van der Waals surface area contributed by atoms with E-state index in [9.17, 15) is 48.1 Å². The number of nitro groups is 2. The lowest BCUT2D eigenvalue weighted by molar-refractivity contribution is -0.385. The van der Waals surface area contributed by atoms with Crippen molar-refractivity contribution in [1.29, 1.82) is 0 Å². The summed E-state index contributed by atoms with van der Waals surface area (Å²) in [6, 6.07) is 11.1. The van der Waals surface area contributed by atoms with Crippen LogP contribution in [0.4, 0.5) is 30.2 Å². The Kier molecular flexibility index (Phi) is 6.21. The SMILES string of the molecule is O=C1C(=O)N(c2cccc(C(F)(F)F)c2)C(c2ccc([N+](=O)[O-])cc2)/C1=C(\O)c1ccc([N+](=O)[O-])cc1. The highest BCUT2D eigenvalue weighted by atomic mass is 19.4. The van der Waals surface area contributed by atoms with Crippen molar-refractivity contribution < 1.29 is 37.7 Å². The molecule has 0 aliphatic carbocycles. The highest BCUT2D eigenvalue weighted by molar-refractivity contribution is 6.51. The first-order valence-corrected chi connectivity index (χ1v) is 10.4. The average Bonchev–Trinajstić information content (AvgIpc) is 3.13. The maximum absolute atomic E-state index is 13.4. The minimum absolute atomic E-state index is 0.0699. The summed E-state index contributed by atoms with van der Waals surface area (Å²) >= 11 is 0. The zero-order valence-corrected chi connectivity index (χ0v) is 18.4. The number of anilines is 1. The third-order valence-corrected chi connectivity index (χ3v) is 5.67. The van der Waals surface area contributed by atoms with Gasteiger partial charge in [0.15, 0.2) is 0 Å². The summed E-state index contributed by atoms with van der Waals surface area (Å²) < 4.78 is 40.1. The number of Topliss-reactive ketones (excluding diaryl/α,β-unsaturated/α-hetero) is 1. The van der Waals surface area contributed by atoms with E-state index < -0.39 is 50.7 Å². The van der Waals surface area contributed by atoms with Crippen LogP contribution in [0.25, 0.3) is 5.76 Å². The molecule has 1 unspecified atom stereocenters. The molecule has 1 N–H and O–H groups in total. The number of benzene rings is 3. The zero-order valence-electron chi connectivity index (χ0n) is 18.4. The van der Waals surface area contributed by atoms with Gasteiger partial charge in [0, 0.05) is 35.5 Å². The molecule has 3 aromatic carbocycles. The van der Waals surface area contributed by atoms with Crippen LogP contribution in [0.3, 0.4) is 0 Å². The molecule has 37 heavy (non-hydrogen) atoms. The number of carbonyl (C=O) groups excluding carboxylic acids is 2. The molecule has 1 saturated heterocycles. The van der Waals surface area contributed by atoms with Gasteiger partial charge in [0.25, 0.3) is 23.1 Å². The van der Waals surface area contributed by atoms with Gasteiger partial charge in [0.2, 0.25) is 0 Å². The molecule has 0 aromatic heterocycles. The van der Waals surface area contributed by atoms with Crippen molar-refractivity contribution in [2.45, 2.75) is 12.2 Å². The van der Waals surface area contributed by atoms with Gasteiger partial charge in [-0.15, -0.1) is 0 Å². The van der Waals surface area contributed by atoms with Gasteiger partial charge < -0.3 is 5.11 Å². The number of nitro benzene ring substituents is 2. The molecule has 0 saturated carbocycles. The Bertz CT molecular complexity index is 1470. The normalized spacial score (nSPS) is 17.2. The fraction of sp³-hybridized carbons (Fsp3) is 0.0833. The van der Waals surface area contributed by atoms with Crippen LogP contribution in [0.5, 0.6) is 0 Å². The third-order valence-electron chi connectivity index (χ3n) is 5.67. The molecule has 1 atom stereocenters. The Morgan fingerprint density at radius 2 is 1.41 bits per heavy atom. The van der Waals surface area contributed by atoms with E-state index >= 15 is 0 Å². The Morgan fingerprint density at radius 1 is 0.865 bits per heavy atom. The van der Waals surface area contributed by atoms with Crippen LogP contribution in [0, 0.1) is 20.2 Å². The number of halogens is 3. The van der Waals surface area contributed by atoms with Gasteiger partial charge in [0.1, 0.15) is 5.76 Å². The van der Waals surface area contributed by atoms with Crippen LogP contribution in [-0.4, -0.2) is 26.6 Å². The summed E-state index contributed by atoms with van der Waals surface area (Å²) in [4.78, 5) is 47.5. The lowest BCUT2D eigenvalue weighted by atomic mass is 9.95. The van der Waals surface area contributed by atoms with Crippen LogP contribution in [0.15, 0.2) is 78.4 Å². The first-order valence-electron chi connectivity index (χ1n) is 10.4. The number of aliphatic hydroxyl groups is 1. The van der Waals surface area contributed by atoms with Gasteiger partial charge in [-0.2, -0.15) is 13.2 Å². The largest absolute Gasteiger partial charge is 0.507 e. The minimum atomic E-state index is -4.76. The second-order valence-electron chi connectivity index (χ2n) is 7.87. The predicted molar refractivity (Wildman–Crippen MR) is 122 cm³/mol. The van der Waals surface area contributed by atoms with E-state index in [0.29, 0.717) is 6.07 Å². The number of hydrogen-bond acceptors (Lipinski definition) is 7. The van der Waals surface area contributed by atoms with Crippen LogP contribution in [-0.2, 0) is 15.8 Å². The van der Waals surface area contributed by atoms with Gasteiger partial charge in [-0.25, -0.2) is 0 Å².